The quantitative estimate of drug-likeness (QED) is 0.289. The van der Waals surface area contributed by atoms with Crippen LogP contribution >= 0.6 is 27.5 Å². The summed E-state index contributed by atoms with van der Waals surface area (Å²) >= 11 is 9.45. The minimum atomic E-state index is -4.15. The highest BCUT2D eigenvalue weighted by molar-refractivity contribution is 9.10. The van der Waals surface area contributed by atoms with E-state index >= 15 is 0 Å². The molecule has 0 aliphatic heterocycles. The smallest absolute Gasteiger partial charge is 0.264 e. The molecule has 3 aromatic rings. The van der Waals surface area contributed by atoms with Gasteiger partial charge in [0.2, 0.25) is 11.8 Å². The highest BCUT2D eigenvalue weighted by Crippen LogP contribution is 2.28. The standard InChI is InChI=1S/C29H33BrClN3O4S/c1-20(2)17-32-29(36)22(4)33(18-23-9-7-10-24(30)16-23)28(35)19-34(27-11-6-5-8-21(27)3)39(37,38)26-14-12-25(31)13-15-26/h5-16,20,22H,17-19H2,1-4H3,(H,32,36)/t22-/m0/s1. The molecule has 7 nitrogen and oxygen atoms in total. The summed E-state index contributed by atoms with van der Waals surface area (Å²) in [5.41, 5.74) is 1.86. The number of carbonyl (C=O) groups excluding carboxylic acids is 2. The Hall–Kier alpha value is -2.88. The Morgan fingerprint density at radius 3 is 2.26 bits per heavy atom. The van der Waals surface area contributed by atoms with Gasteiger partial charge in [-0.3, -0.25) is 13.9 Å². The number of anilines is 1. The van der Waals surface area contributed by atoms with Crippen molar-refractivity contribution in [2.75, 3.05) is 17.4 Å². The number of hydrogen-bond acceptors (Lipinski definition) is 4. The summed E-state index contributed by atoms with van der Waals surface area (Å²) in [7, 11) is -4.15. The summed E-state index contributed by atoms with van der Waals surface area (Å²) in [6.45, 7) is 7.49. The Labute approximate surface area is 244 Å². The van der Waals surface area contributed by atoms with Gasteiger partial charge in [0.25, 0.3) is 10.0 Å². The van der Waals surface area contributed by atoms with Gasteiger partial charge < -0.3 is 10.2 Å². The topological polar surface area (TPSA) is 86.8 Å². The number of sulfonamides is 1. The number of nitrogens with zero attached hydrogens (tertiary/aromatic N) is 2. The van der Waals surface area contributed by atoms with Crippen LogP contribution in [0, 0.1) is 12.8 Å². The molecular formula is C29H33BrClN3O4S. The zero-order chi connectivity index (χ0) is 28.7. The highest BCUT2D eigenvalue weighted by atomic mass is 79.9. The van der Waals surface area contributed by atoms with Crippen molar-refractivity contribution in [2.24, 2.45) is 5.92 Å². The predicted octanol–water partition coefficient (Wildman–Crippen LogP) is 5.80. The Bertz CT molecular complexity index is 1410. The molecule has 0 aliphatic rings. The average molecular weight is 635 g/mol. The van der Waals surface area contributed by atoms with Crippen LogP contribution in [0.25, 0.3) is 0 Å². The first-order chi connectivity index (χ1) is 18.4. The number of rotatable bonds is 11. The molecule has 0 spiro atoms. The summed E-state index contributed by atoms with van der Waals surface area (Å²) in [6, 6.07) is 19.4. The van der Waals surface area contributed by atoms with Crippen LogP contribution in [-0.4, -0.2) is 44.3 Å². The maximum absolute atomic E-state index is 14.0. The summed E-state index contributed by atoms with van der Waals surface area (Å²) < 4.78 is 29.7. The van der Waals surface area contributed by atoms with Crippen LogP contribution in [0.1, 0.15) is 31.9 Å². The Morgan fingerprint density at radius 1 is 0.974 bits per heavy atom. The number of hydrogen-bond donors (Lipinski definition) is 1. The van der Waals surface area contributed by atoms with E-state index in [1.807, 2.05) is 38.1 Å². The lowest BCUT2D eigenvalue weighted by Crippen LogP contribution is -2.51. The summed E-state index contributed by atoms with van der Waals surface area (Å²) in [4.78, 5) is 28.4. The van der Waals surface area contributed by atoms with Gasteiger partial charge in [0.1, 0.15) is 12.6 Å². The summed E-state index contributed by atoms with van der Waals surface area (Å²) in [5, 5.41) is 3.28. The second-order valence-corrected chi connectivity index (χ2v) is 12.9. The second kappa shape index (κ2) is 13.5. The molecule has 208 valence electrons. The van der Waals surface area contributed by atoms with Gasteiger partial charge in [-0.25, -0.2) is 8.42 Å². The van der Waals surface area contributed by atoms with E-state index in [1.54, 1.807) is 38.1 Å². The first-order valence-electron chi connectivity index (χ1n) is 12.6. The molecule has 0 radical (unpaired) electrons. The van der Waals surface area contributed by atoms with E-state index in [2.05, 4.69) is 21.2 Å². The van der Waals surface area contributed by atoms with Crippen LogP contribution in [0.15, 0.2) is 82.2 Å². The van der Waals surface area contributed by atoms with Crippen molar-refractivity contribution in [3.05, 3.63) is 93.4 Å². The zero-order valence-corrected chi connectivity index (χ0v) is 25.6. The van der Waals surface area contributed by atoms with Crippen molar-refractivity contribution in [3.8, 4) is 0 Å². The lowest BCUT2D eigenvalue weighted by atomic mass is 10.1. The lowest BCUT2D eigenvalue weighted by molar-refractivity contribution is -0.139. The molecule has 0 heterocycles. The molecule has 2 amide bonds. The molecule has 10 heteroatoms. The number of nitrogens with one attached hydrogen (secondary N) is 1. The molecule has 1 N–H and O–H groups in total. The second-order valence-electron chi connectivity index (χ2n) is 9.72. The fourth-order valence-electron chi connectivity index (χ4n) is 3.96. The molecule has 0 saturated heterocycles. The molecule has 0 aliphatic carbocycles. The number of carbonyl (C=O) groups is 2. The molecule has 0 fully saturated rings. The van der Waals surface area contributed by atoms with Gasteiger partial charge >= 0.3 is 0 Å². The third-order valence-corrected chi connectivity index (χ3v) is 8.68. The van der Waals surface area contributed by atoms with Gasteiger partial charge in [-0.05, 0) is 73.4 Å². The average Bonchev–Trinajstić information content (AvgIpc) is 2.89. The molecule has 0 saturated carbocycles. The third-order valence-electron chi connectivity index (χ3n) is 6.16. The van der Waals surface area contributed by atoms with Crippen molar-refractivity contribution in [1.29, 1.82) is 0 Å². The van der Waals surface area contributed by atoms with Gasteiger partial charge in [-0.2, -0.15) is 0 Å². The Kier molecular flexibility index (Phi) is 10.6. The first-order valence-corrected chi connectivity index (χ1v) is 15.2. The van der Waals surface area contributed by atoms with Crippen molar-refractivity contribution in [2.45, 2.75) is 45.2 Å². The van der Waals surface area contributed by atoms with Gasteiger partial charge in [0.05, 0.1) is 10.6 Å². The number of para-hydroxylation sites is 1. The van der Waals surface area contributed by atoms with E-state index in [-0.39, 0.29) is 23.3 Å². The molecule has 3 rings (SSSR count). The largest absolute Gasteiger partial charge is 0.354 e. The van der Waals surface area contributed by atoms with Gasteiger partial charge in [0.15, 0.2) is 0 Å². The van der Waals surface area contributed by atoms with Crippen molar-refractivity contribution in [1.82, 2.24) is 10.2 Å². The van der Waals surface area contributed by atoms with E-state index < -0.39 is 28.5 Å². The van der Waals surface area contributed by atoms with E-state index in [1.165, 1.54) is 29.2 Å². The van der Waals surface area contributed by atoms with E-state index in [0.29, 0.717) is 22.8 Å². The first kappa shape index (κ1) is 30.7. The van der Waals surface area contributed by atoms with E-state index in [4.69, 9.17) is 11.6 Å². The molecule has 3 aromatic carbocycles. The third kappa shape index (κ3) is 8.06. The van der Waals surface area contributed by atoms with Crippen LogP contribution in [-0.2, 0) is 26.2 Å². The molecule has 1 atom stereocenters. The van der Waals surface area contributed by atoms with Gasteiger partial charge in [-0.15, -0.1) is 0 Å². The molecule has 0 bridgehead atoms. The summed E-state index contributed by atoms with van der Waals surface area (Å²) in [6.07, 6.45) is 0. The maximum atomic E-state index is 14.0. The number of benzene rings is 3. The fraction of sp³-hybridized carbons (Fsp3) is 0.310. The Balaban J connectivity index is 2.02. The number of halogens is 2. The molecule has 0 unspecified atom stereocenters. The number of aryl methyl sites for hydroxylation is 1. The highest BCUT2D eigenvalue weighted by Gasteiger charge is 2.33. The van der Waals surface area contributed by atoms with Crippen LogP contribution < -0.4 is 9.62 Å². The molecular weight excluding hydrogens is 602 g/mol. The minimum absolute atomic E-state index is 0.00391. The van der Waals surface area contributed by atoms with Crippen molar-refractivity contribution >= 4 is 55.1 Å². The summed E-state index contributed by atoms with van der Waals surface area (Å²) in [5.74, 6) is -0.588. The van der Waals surface area contributed by atoms with Crippen LogP contribution in [0.2, 0.25) is 5.02 Å². The zero-order valence-electron chi connectivity index (χ0n) is 22.4. The van der Waals surface area contributed by atoms with Crippen LogP contribution in [0.4, 0.5) is 5.69 Å². The van der Waals surface area contributed by atoms with E-state index in [0.717, 1.165) is 14.3 Å². The SMILES string of the molecule is Cc1ccccc1N(CC(=O)N(Cc1cccc(Br)c1)[C@@H](C)C(=O)NCC(C)C)S(=O)(=O)c1ccc(Cl)cc1. The van der Waals surface area contributed by atoms with Crippen LogP contribution in [0.3, 0.4) is 0 Å². The van der Waals surface area contributed by atoms with E-state index in [9.17, 15) is 18.0 Å². The Morgan fingerprint density at radius 2 is 1.64 bits per heavy atom. The fourth-order valence-corrected chi connectivity index (χ4v) is 6.01. The lowest BCUT2D eigenvalue weighted by Gasteiger charge is -2.32. The van der Waals surface area contributed by atoms with Crippen molar-refractivity contribution in [3.63, 3.8) is 0 Å². The van der Waals surface area contributed by atoms with Gasteiger partial charge in [-0.1, -0.05) is 71.7 Å². The minimum Gasteiger partial charge on any atom is -0.354 e. The molecule has 0 aromatic heterocycles. The predicted molar refractivity (Wildman–Crippen MR) is 159 cm³/mol. The maximum Gasteiger partial charge on any atom is 0.264 e. The molecule has 39 heavy (non-hydrogen) atoms. The van der Waals surface area contributed by atoms with Crippen molar-refractivity contribution < 1.29 is 18.0 Å². The van der Waals surface area contributed by atoms with Gasteiger partial charge in [0, 0.05) is 22.6 Å². The van der Waals surface area contributed by atoms with Crippen LogP contribution in [0.5, 0.6) is 0 Å². The normalized spacial score (nSPS) is 12.2. The monoisotopic (exact) mass is 633 g/mol. The number of amides is 2.